The molecular weight excluding hydrogens is 322 g/mol. The Morgan fingerprint density at radius 3 is 2.08 bits per heavy atom. The fraction of sp³-hybridized carbons (Fsp3) is 0.632. The molecule has 0 aliphatic carbocycles. The van der Waals surface area contributed by atoms with E-state index in [1.807, 2.05) is 59.2 Å². The number of aliphatic hydroxyl groups excluding tert-OH is 1. The van der Waals surface area contributed by atoms with E-state index in [0.717, 1.165) is 24.1 Å². The zero-order valence-corrected chi connectivity index (χ0v) is 17.4. The van der Waals surface area contributed by atoms with Crippen LogP contribution in [0.2, 0.25) is 0 Å². The molecule has 24 heavy (non-hydrogen) atoms. The van der Waals surface area contributed by atoms with Crippen molar-refractivity contribution < 1.29 is 15.0 Å². The van der Waals surface area contributed by atoms with Crippen molar-refractivity contribution >= 4 is 17.8 Å². The predicted molar refractivity (Wildman–Crippen MR) is 109 cm³/mol. The maximum Gasteiger partial charge on any atom is 0.290 e. The molecule has 0 aliphatic heterocycles. The summed E-state index contributed by atoms with van der Waals surface area (Å²) in [6, 6.07) is 4.41. The maximum atomic E-state index is 9.91. The smallest absolute Gasteiger partial charge is 0.290 e. The Labute approximate surface area is 153 Å². The third-order valence-electron chi connectivity index (χ3n) is 2.42. The van der Waals surface area contributed by atoms with E-state index in [2.05, 4.69) is 18.8 Å². The van der Waals surface area contributed by atoms with Gasteiger partial charge in [-0.05, 0) is 38.3 Å². The van der Waals surface area contributed by atoms with E-state index in [9.17, 15) is 5.11 Å². The summed E-state index contributed by atoms with van der Waals surface area (Å²) in [7, 11) is 1.96. The highest BCUT2D eigenvalue weighted by Gasteiger charge is 2.14. The van der Waals surface area contributed by atoms with Crippen LogP contribution in [0.25, 0.3) is 0 Å². The Morgan fingerprint density at radius 2 is 1.79 bits per heavy atom. The van der Waals surface area contributed by atoms with Crippen molar-refractivity contribution in [2.45, 2.75) is 73.0 Å². The van der Waals surface area contributed by atoms with Gasteiger partial charge in [-0.3, -0.25) is 4.79 Å². The summed E-state index contributed by atoms with van der Waals surface area (Å²) < 4.78 is 0. The Hall–Kier alpha value is -1.17. The fourth-order valence-corrected chi connectivity index (χ4v) is 2.32. The minimum absolute atomic E-state index is 0.250. The van der Waals surface area contributed by atoms with Gasteiger partial charge in [0.1, 0.15) is 0 Å². The molecule has 0 radical (unpaired) electrons. The lowest BCUT2D eigenvalue weighted by molar-refractivity contribution is -0.122. The minimum Gasteiger partial charge on any atom is -0.483 e. The molecule has 1 heterocycles. The summed E-state index contributed by atoms with van der Waals surface area (Å²) in [6.07, 6.45) is 4.53. The first-order valence-corrected chi connectivity index (χ1v) is 9.52. The molecule has 0 saturated carbocycles. The summed E-state index contributed by atoms with van der Waals surface area (Å²) in [5, 5.41) is 22.0. The molecular formula is C19H39NO3S. The van der Waals surface area contributed by atoms with Gasteiger partial charge in [-0.15, -0.1) is 17.9 Å². The summed E-state index contributed by atoms with van der Waals surface area (Å²) in [5.41, 5.74) is 0. The molecule has 1 rings (SSSR count). The first-order chi connectivity index (χ1) is 11.6. The maximum absolute atomic E-state index is 9.91. The molecule has 0 aliphatic rings. The van der Waals surface area contributed by atoms with Gasteiger partial charge in [0.2, 0.25) is 0 Å². The summed E-state index contributed by atoms with van der Waals surface area (Å²) in [5.74, 6) is 0. The Bertz CT molecular complexity index is 310. The van der Waals surface area contributed by atoms with E-state index < -0.39 is 0 Å². The van der Waals surface area contributed by atoms with Gasteiger partial charge in [0.05, 0.1) is 6.10 Å². The van der Waals surface area contributed by atoms with Gasteiger partial charge in [0.25, 0.3) is 6.47 Å². The molecule has 1 aromatic heterocycles. The van der Waals surface area contributed by atoms with Crippen LogP contribution in [-0.2, 0) is 4.79 Å². The second-order valence-electron chi connectivity index (χ2n) is 4.05. The molecule has 5 heteroatoms. The Morgan fingerprint density at radius 1 is 1.33 bits per heavy atom. The molecule has 0 spiro atoms. The topological polar surface area (TPSA) is 69.6 Å². The van der Waals surface area contributed by atoms with Crippen LogP contribution in [0.1, 0.15) is 71.8 Å². The largest absolute Gasteiger partial charge is 0.483 e. The van der Waals surface area contributed by atoms with Crippen molar-refractivity contribution in [2.75, 3.05) is 7.05 Å². The van der Waals surface area contributed by atoms with Gasteiger partial charge < -0.3 is 15.5 Å². The summed E-state index contributed by atoms with van der Waals surface area (Å²) in [6.45, 7) is 15.2. The lowest BCUT2D eigenvalue weighted by Gasteiger charge is -2.18. The van der Waals surface area contributed by atoms with Crippen LogP contribution < -0.4 is 5.32 Å². The number of carboxylic acid groups (broad SMARTS) is 1. The highest BCUT2D eigenvalue weighted by atomic mass is 32.1. The molecule has 0 fully saturated rings. The SMILES string of the molecule is C=CC.CC.CC.CCCC(CC(O)c1cccs1)NC.O=CO. The molecule has 1 aromatic rings. The van der Waals surface area contributed by atoms with Crippen molar-refractivity contribution in [3.8, 4) is 0 Å². The monoisotopic (exact) mass is 361 g/mol. The predicted octanol–water partition coefficient (Wildman–Crippen LogP) is 5.51. The van der Waals surface area contributed by atoms with Crippen molar-refractivity contribution in [3.05, 3.63) is 35.0 Å². The lowest BCUT2D eigenvalue weighted by Crippen LogP contribution is -2.26. The Kier molecular flexibility index (Phi) is 38.1. The van der Waals surface area contributed by atoms with Crippen LogP contribution in [-0.4, -0.2) is 29.8 Å². The van der Waals surface area contributed by atoms with Gasteiger partial charge in [-0.25, -0.2) is 0 Å². The van der Waals surface area contributed by atoms with Crippen LogP contribution in [0.4, 0.5) is 0 Å². The lowest BCUT2D eigenvalue weighted by atomic mass is 10.0. The highest BCUT2D eigenvalue weighted by Crippen LogP contribution is 2.23. The molecule has 0 bridgehead atoms. The first kappa shape index (κ1) is 30.7. The number of nitrogens with one attached hydrogen (secondary N) is 1. The second-order valence-corrected chi connectivity index (χ2v) is 5.03. The molecule has 0 saturated heterocycles. The van der Waals surface area contributed by atoms with Crippen molar-refractivity contribution in [1.29, 1.82) is 0 Å². The third kappa shape index (κ3) is 23.1. The molecule has 0 amide bonds. The minimum atomic E-state index is -0.306. The average molecular weight is 362 g/mol. The van der Waals surface area contributed by atoms with Gasteiger partial charge in [0.15, 0.2) is 0 Å². The quantitative estimate of drug-likeness (QED) is 0.462. The van der Waals surface area contributed by atoms with Crippen LogP contribution in [0.5, 0.6) is 0 Å². The number of allylic oxidation sites excluding steroid dienone is 1. The van der Waals surface area contributed by atoms with Crippen molar-refractivity contribution in [1.82, 2.24) is 5.32 Å². The van der Waals surface area contributed by atoms with E-state index in [-0.39, 0.29) is 12.6 Å². The third-order valence-corrected chi connectivity index (χ3v) is 3.40. The first-order valence-electron chi connectivity index (χ1n) is 8.64. The highest BCUT2D eigenvalue weighted by molar-refractivity contribution is 7.10. The van der Waals surface area contributed by atoms with Gasteiger partial charge in [0, 0.05) is 10.9 Å². The number of aliphatic hydroxyl groups is 1. The summed E-state index contributed by atoms with van der Waals surface area (Å²) >= 11 is 1.62. The van der Waals surface area contributed by atoms with E-state index in [1.165, 1.54) is 0 Å². The molecule has 3 N–H and O–H groups in total. The number of rotatable bonds is 6. The van der Waals surface area contributed by atoms with Gasteiger partial charge >= 0.3 is 0 Å². The summed E-state index contributed by atoms with van der Waals surface area (Å²) in [4.78, 5) is 9.43. The second kappa shape index (κ2) is 29.8. The van der Waals surface area contributed by atoms with Crippen LogP contribution in [0.3, 0.4) is 0 Å². The van der Waals surface area contributed by atoms with Crippen LogP contribution >= 0.6 is 11.3 Å². The van der Waals surface area contributed by atoms with E-state index in [1.54, 1.807) is 17.4 Å². The van der Waals surface area contributed by atoms with Crippen LogP contribution in [0.15, 0.2) is 30.2 Å². The van der Waals surface area contributed by atoms with Gasteiger partial charge in [-0.2, -0.15) is 0 Å². The zero-order valence-electron chi connectivity index (χ0n) is 16.6. The average Bonchev–Trinajstić information content (AvgIpc) is 3.14. The molecule has 2 atom stereocenters. The number of carbonyl (C=O) groups is 1. The zero-order chi connectivity index (χ0) is 19.8. The number of thiophene rings is 1. The standard InChI is InChI=1S/C11H19NOS.C3H6.2C2H6.CH2O2/c1-3-5-9(12-2)8-10(13)11-6-4-7-14-11;1-3-2;2*1-2;2-1-3/h4,6-7,9-10,12-13H,3,5,8H2,1-2H3;3H,1H2,2H3;2*1-2H3;1H,(H,2,3). The number of hydrogen-bond acceptors (Lipinski definition) is 4. The fourth-order valence-electron chi connectivity index (χ4n) is 1.60. The number of hydrogen-bond donors (Lipinski definition) is 3. The Balaban J connectivity index is -0.000000168. The van der Waals surface area contributed by atoms with Crippen LogP contribution in [0, 0.1) is 0 Å². The molecule has 4 nitrogen and oxygen atoms in total. The van der Waals surface area contributed by atoms with Gasteiger partial charge in [-0.1, -0.05) is 53.2 Å². The van der Waals surface area contributed by atoms with E-state index in [4.69, 9.17) is 9.90 Å². The van der Waals surface area contributed by atoms with Crippen molar-refractivity contribution in [2.24, 2.45) is 0 Å². The molecule has 144 valence electrons. The van der Waals surface area contributed by atoms with Crippen molar-refractivity contribution in [3.63, 3.8) is 0 Å². The van der Waals surface area contributed by atoms with E-state index >= 15 is 0 Å². The van der Waals surface area contributed by atoms with E-state index in [0.29, 0.717) is 6.04 Å². The normalized spacial score (nSPS) is 10.5. The molecule has 0 aromatic carbocycles. The molecule has 2 unspecified atom stereocenters.